The Kier molecular flexibility index (Phi) is 4.82. The standard InChI is InChI=1S/C16H20N2O4/c1-10-11(2)18(6-7-22-3)14-5-4-12(8-13(10)14)16(21)17-9-15(19)20/h4-5,8H,6-7,9H2,1-3H3,(H,17,21)(H,19,20). The Bertz CT molecular complexity index is 718. The van der Waals surface area contributed by atoms with Crippen LogP contribution in [0.2, 0.25) is 0 Å². The molecule has 1 aromatic heterocycles. The minimum absolute atomic E-state index is 0.383. The van der Waals surface area contributed by atoms with Gasteiger partial charge >= 0.3 is 5.97 Å². The fourth-order valence-electron chi connectivity index (χ4n) is 2.52. The molecule has 2 aromatic rings. The molecule has 0 atom stereocenters. The normalized spacial score (nSPS) is 10.9. The molecule has 0 aliphatic carbocycles. The molecule has 1 amide bonds. The lowest BCUT2D eigenvalue weighted by atomic mass is 10.1. The molecule has 0 unspecified atom stereocenters. The molecule has 6 heteroatoms. The Balaban J connectivity index is 2.36. The van der Waals surface area contributed by atoms with Crippen molar-refractivity contribution in [3.05, 3.63) is 35.0 Å². The lowest BCUT2D eigenvalue weighted by Crippen LogP contribution is -2.29. The van der Waals surface area contributed by atoms with E-state index in [2.05, 4.69) is 9.88 Å². The Morgan fingerprint density at radius 2 is 2.05 bits per heavy atom. The maximum absolute atomic E-state index is 12.0. The van der Waals surface area contributed by atoms with Crippen LogP contribution in [0.15, 0.2) is 18.2 Å². The largest absolute Gasteiger partial charge is 0.480 e. The minimum Gasteiger partial charge on any atom is -0.480 e. The molecule has 0 aliphatic heterocycles. The topological polar surface area (TPSA) is 80.6 Å². The smallest absolute Gasteiger partial charge is 0.322 e. The number of nitrogens with one attached hydrogen (secondary N) is 1. The van der Waals surface area contributed by atoms with Gasteiger partial charge in [0.15, 0.2) is 0 Å². The Hall–Kier alpha value is -2.34. The number of rotatable bonds is 6. The van der Waals surface area contributed by atoms with E-state index in [4.69, 9.17) is 9.84 Å². The van der Waals surface area contributed by atoms with Gasteiger partial charge in [-0.25, -0.2) is 0 Å². The summed E-state index contributed by atoms with van der Waals surface area (Å²) in [5, 5.41) is 12.0. The van der Waals surface area contributed by atoms with E-state index in [1.54, 1.807) is 19.2 Å². The van der Waals surface area contributed by atoms with Gasteiger partial charge in [-0.15, -0.1) is 0 Å². The minimum atomic E-state index is -1.06. The maximum atomic E-state index is 12.0. The number of carboxylic acids is 1. The predicted molar refractivity (Wildman–Crippen MR) is 83.3 cm³/mol. The lowest BCUT2D eigenvalue weighted by molar-refractivity contribution is -0.135. The lowest BCUT2D eigenvalue weighted by Gasteiger charge is -2.08. The van der Waals surface area contributed by atoms with Crippen LogP contribution >= 0.6 is 0 Å². The molecule has 0 aliphatic rings. The number of aromatic nitrogens is 1. The first-order valence-corrected chi connectivity index (χ1v) is 7.04. The van der Waals surface area contributed by atoms with E-state index in [1.165, 1.54) is 0 Å². The van der Waals surface area contributed by atoms with Gasteiger partial charge in [-0.2, -0.15) is 0 Å². The van der Waals surface area contributed by atoms with Crippen molar-refractivity contribution in [2.75, 3.05) is 20.3 Å². The summed E-state index contributed by atoms with van der Waals surface area (Å²) in [7, 11) is 1.67. The molecule has 0 saturated carbocycles. The molecule has 0 bridgehead atoms. The van der Waals surface area contributed by atoms with Crippen molar-refractivity contribution in [2.45, 2.75) is 20.4 Å². The van der Waals surface area contributed by atoms with E-state index in [1.807, 2.05) is 19.9 Å². The molecule has 6 nitrogen and oxygen atoms in total. The van der Waals surface area contributed by atoms with Crippen molar-refractivity contribution in [2.24, 2.45) is 0 Å². The number of ether oxygens (including phenoxy) is 1. The van der Waals surface area contributed by atoms with Crippen LogP contribution in [0.5, 0.6) is 0 Å². The number of benzene rings is 1. The third-order valence-corrected chi connectivity index (χ3v) is 3.82. The van der Waals surface area contributed by atoms with Crippen LogP contribution in [0.3, 0.4) is 0 Å². The van der Waals surface area contributed by atoms with Crippen LogP contribution in [-0.4, -0.2) is 41.8 Å². The average molecular weight is 304 g/mol. The van der Waals surface area contributed by atoms with Crippen LogP contribution in [0.25, 0.3) is 10.9 Å². The third-order valence-electron chi connectivity index (χ3n) is 3.82. The first kappa shape index (κ1) is 16.0. The molecular formula is C16H20N2O4. The zero-order valence-electron chi connectivity index (χ0n) is 13.0. The molecule has 0 spiro atoms. The molecule has 22 heavy (non-hydrogen) atoms. The second kappa shape index (κ2) is 6.62. The molecule has 0 saturated heterocycles. The van der Waals surface area contributed by atoms with E-state index in [0.29, 0.717) is 12.2 Å². The fourth-order valence-corrected chi connectivity index (χ4v) is 2.52. The van der Waals surface area contributed by atoms with Gasteiger partial charge in [0.2, 0.25) is 0 Å². The highest BCUT2D eigenvalue weighted by Gasteiger charge is 2.14. The van der Waals surface area contributed by atoms with E-state index < -0.39 is 5.97 Å². The van der Waals surface area contributed by atoms with Gasteiger partial charge in [0.05, 0.1) is 6.61 Å². The first-order valence-electron chi connectivity index (χ1n) is 7.04. The van der Waals surface area contributed by atoms with Crippen LogP contribution in [0, 0.1) is 13.8 Å². The number of nitrogens with zero attached hydrogens (tertiary/aromatic N) is 1. The summed E-state index contributed by atoms with van der Waals surface area (Å²) in [4.78, 5) is 22.5. The van der Waals surface area contributed by atoms with Gasteiger partial charge < -0.3 is 19.7 Å². The van der Waals surface area contributed by atoms with Gasteiger partial charge in [0.25, 0.3) is 5.91 Å². The van der Waals surface area contributed by atoms with Crippen molar-refractivity contribution < 1.29 is 19.4 Å². The molecule has 0 fully saturated rings. The number of carboxylic acid groups (broad SMARTS) is 1. The summed E-state index contributed by atoms with van der Waals surface area (Å²) >= 11 is 0. The van der Waals surface area contributed by atoms with Gasteiger partial charge in [0.1, 0.15) is 6.54 Å². The molecule has 2 N–H and O–H groups in total. The Morgan fingerprint density at radius 3 is 2.68 bits per heavy atom. The second-order valence-electron chi connectivity index (χ2n) is 5.16. The summed E-state index contributed by atoms with van der Waals surface area (Å²) in [5.74, 6) is -1.45. The van der Waals surface area contributed by atoms with Crippen molar-refractivity contribution in [1.82, 2.24) is 9.88 Å². The highest BCUT2D eigenvalue weighted by Crippen LogP contribution is 2.26. The number of carbonyl (C=O) groups is 2. The van der Waals surface area contributed by atoms with Gasteiger partial charge in [0, 0.05) is 35.8 Å². The highest BCUT2D eigenvalue weighted by atomic mass is 16.5. The number of fused-ring (bicyclic) bond motifs is 1. The summed E-state index contributed by atoms with van der Waals surface area (Å²) in [6, 6.07) is 5.40. The van der Waals surface area contributed by atoms with Crippen LogP contribution in [0.4, 0.5) is 0 Å². The average Bonchev–Trinajstić information content (AvgIpc) is 2.74. The predicted octanol–water partition coefficient (Wildman–Crippen LogP) is 1.72. The van der Waals surface area contributed by atoms with Crippen molar-refractivity contribution >= 4 is 22.8 Å². The number of hydrogen-bond donors (Lipinski definition) is 2. The molecular weight excluding hydrogens is 284 g/mol. The number of aryl methyl sites for hydroxylation is 1. The van der Waals surface area contributed by atoms with Gasteiger partial charge in [-0.3, -0.25) is 9.59 Å². The number of carbonyl (C=O) groups excluding carboxylic acids is 1. The van der Waals surface area contributed by atoms with Crippen molar-refractivity contribution in [3.63, 3.8) is 0 Å². The van der Waals surface area contributed by atoms with Gasteiger partial charge in [-0.1, -0.05) is 0 Å². The van der Waals surface area contributed by atoms with Crippen molar-refractivity contribution in [3.8, 4) is 0 Å². The van der Waals surface area contributed by atoms with Crippen molar-refractivity contribution in [1.29, 1.82) is 0 Å². The SMILES string of the molecule is COCCn1c(C)c(C)c2cc(C(=O)NCC(=O)O)ccc21. The van der Waals surface area contributed by atoms with E-state index >= 15 is 0 Å². The molecule has 0 radical (unpaired) electrons. The summed E-state index contributed by atoms with van der Waals surface area (Å²) in [5.41, 5.74) is 3.75. The fraction of sp³-hybridized carbons (Fsp3) is 0.375. The first-order chi connectivity index (χ1) is 10.5. The number of methoxy groups -OCH3 is 1. The summed E-state index contributed by atoms with van der Waals surface area (Å²) in [6.45, 7) is 5.03. The molecule has 2 rings (SSSR count). The van der Waals surface area contributed by atoms with Crippen LogP contribution < -0.4 is 5.32 Å². The maximum Gasteiger partial charge on any atom is 0.322 e. The zero-order valence-corrected chi connectivity index (χ0v) is 13.0. The highest BCUT2D eigenvalue weighted by molar-refractivity contribution is 6.00. The Morgan fingerprint density at radius 1 is 1.32 bits per heavy atom. The summed E-state index contributed by atoms with van der Waals surface area (Å²) < 4.78 is 7.29. The zero-order chi connectivity index (χ0) is 16.3. The van der Waals surface area contributed by atoms with E-state index in [9.17, 15) is 9.59 Å². The van der Waals surface area contributed by atoms with Gasteiger partial charge in [-0.05, 0) is 37.6 Å². The second-order valence-corrected chi connectivity index (χ2v) is 5.16. The van der Waals surface area contributed by atoms with Crippen LogP contribution in [0.1, 0.15) is 21.6 Å². The quantitative estimate of drug-likeness (QED) is 0.851. The third kappa shape index (κ3) is 3.12. The monoisotopic (exact) mass is 304 g/mol. The van der Waals surface area contributed by atoms with E-state index in [0.717, 1.165) is 28.7 Å². The number of amides is 1. The number of hydrogen-bond acceptors (Lipinski definition) is 3. The molecule has 118 valence electrons. The molecule has 1 aromatic carbocycles. The van der Waals surface area contributed by atoms with E-state index in [-0.39, 0.29) is 12.5 Å². The van der Waals surface area contributed by atoms with Crippen LogP contribution in [-0.2, 0) is 16.1 Å². The number of aliphatic carboxylic acids is 1. The molecule has 1 heterocycles. The Labute approximate surface area is 128 Å². The summed E-state index contributed by atoms with van der Waals surface area (Å²) in [6.07, 6.45) is 0.